The molecule has 7 rings (SSSR count). The number of carbonyl (C=O) groups is 17. The van der Waals surface area contributed by atoms with E-state index in [1.807, 2.05) is 0 Å². The number of rotatable bonds is 34. The molecule has 46 nitrogen and oxygen atoms in total. The van der Waals surface area contributed by atoms with Crippen LogP contribution in [-0.4, -0.2) is 318 Å². The highest BCUT2D eigenvalue weighted by atomic mass is 35.5. The molecule has 5 saturated heterocycles. The van der Waals surface area contributed by atoms with Crippen molar-refractivity contribution in [2.24, 2.45) is 0 Å². The van der Waals surface area contributed by atoms with E-state index >= 15 is 0 Å². The monoisotopic (exact) mass is 1780 g/mol. The van der Waals surface area contributed by atoms with Crippen molar-refractivity contribution < 1.29 is 200 Å². The summed E-state index contributed by atoms with van der Waals surface area (Å²) in [6, 6.07) is -2.82. The first-order valence-corrected chi connectivity index (χ1v) is 38.8. The Bertz CT molecular complexity index is 4030. The van der Waals surface area contributed by atoms with Crippen LogP contribution in [0.15, 0.2) is 17.8 Å². The molecular weight excluding hydrogens is 1690 g/mol. The van der Waals surface area contributed by atoms with Gasteiger partial charge in [0.1, 0.15) is 74.1 Å². The highest BCUT2D eigenvalue weighted by molar-refractivity contribution is 6.21. The summed E-state index contributed by atoms with van der Waals surface area (Å²) in [5.41, 5.74) is -0.145. The highest BCUT2D eigenvalue weighted by Gasteiger charge is 2.65. The Morgan fingerprint density at radius 3 is 1.33 bits per heavy atom. The van der Waals surface area contributed by atoms with Gasteiger partial charge in [-0.05, 0) is 6.92 Å². The van der Waals surface area contributed by atoms with Gasteiger partial charge in [0.05, 0.1) is 43.4 Å². The fourth-order valence-corrected chi connectivity index (χ4v) is 14.9. The molecule has 0 aromatic carbocycles. The van der Waals surface area contributed by atoms with Gasteiger partial charge in [-0.2, -0.15) is 0 Å². The maximum absolute atomic E-state index is 14.4. The minimum Gasteiger partial charge on any atom is -0.463 e. The molecule has 8 unspecified atom stereocenters. The molecule has 1 aromatic rings. The van der Waals surface area contributed by atoms with Gasteiger partial charge in [-0.3, -0.25) is 81.5 Å². The number of halogens is 2. The maximum Gasteiger partial charge on any atom is 0.303 e. The molecule has 680 valence electrons. The van der Waals surface area contributed by atoms with E-state index in [1.54, 1.807) is 0 Å². The Kier molecular flexibility index (Phi) is 36.1. The molecule has 1 aliphatic carbocycles. The van der Waals surface area contributed by atoms with Gasteiger partial charge in [0.2, 0.25) is 18.0 Å². The van der Waals surface area contributed by atoms with Crippen LogP contribution in [0.3, 0.4) is 0 Å². The van der Waals surface area contributed by atoms with E-state index < -0.39 is 318 Å². The van der Waals surface area contributed by atoms with Crippen molar-refractivity contribution in [3.8, 4) is 0 Å². The van der Waals surface area contributed by atoms with Crippen molar-refractivity contribution >= 4 is 125 Å². The number of amides is 1. The number of hydrogen-bond acceptors (Lipinski definition) is 44. The molecule has 0 N–H and O–H groups in total. The van der Waals surface area contributed by atoms with Gasteiger partial charge in [0.15, 0.2) is 92.1 Å². The van der Waals surface area contributed by atoms with Crippen LogP contribution in [0, 0.1) is 0 Å². The second kappa shape index (κ2) is 44.4. The van der Waals surface area contributed by atoms with Gasteiger partial charge >= 0.3 is 95.5 Å². The van der Waals surface area contributed by atoms with Crippen molar-refractivity contribution in [1.82, 2.24) is 19.9 Å². The molecule has 122 heavy (non-hydrogen) atoms. The number of hydrogen-bond donors (Lipinski definition) is 0. The molecule has 48 heteroatoms. The number of ether oxygens (including phenoxy) is 25. The molecule has 0 bridgehead atoms. The van der Waals surface area contributed by atoms with Gasteiger partial charge in [-0.15, -0.1) is 28.3 Å². The predicted octanol–water partition coefficient (Wildman–Crippen LogP) is -0.209. The fraction of sp³-hybridized carbons (Fsp3) is 0.716. The van der Waals surface area contributed by atoms with Crippen LogP contribution >= 0.6 is 23.2 Å². The van der Waals surface area contributed by atoms with E-state index in [4.69, 9.17) is 142 Å². The Morgan fingerprint density at radius 2 is 0.852 bits per heavy atom. The van der Waals surface area contributed by atoms with E-state index in [0.29, 0.717) is 0 Å². The predicted molar refractivity (Wildman–Crippen MR) is 390 cm³/mol. The fourth-order valence-electron chi connectivity index (χ4n) is 14.3. The number of carbonyl (C=O) groups excluding carboxylic acids is 17. The second-order valence-electron chi connectivity index (χ2n) is 28.5. The summed E-state index contributed by atoms with van der Waals surface area (Å²) in [7, 11) is 0. The molecular formula is C74H98Cl2N4O42. The average molecular weight is 1790 g/mol. The summed E-state index contributed by atoms with van der Waals surface area (Å²) in [4.78, 5) is 222. The molecule has 0 spiro atoms. The van der Waals surface area contributed by atoms with Crippen LogP contribution in [-0.2, 0) is 213 Å². The van der Waals surface area contributed by atoms with E-state index in [1.165, 1.54) is 19.2 Å². The summed E-state index contributed by atoms with van der Waals surface area (Å²) in [6.07, 6.45) is -39.1. The normalized spacial score (nSPS) is 32.2. The number of esters is 16. The third kappa shape index (κ3) is 27.3. The summed E-state index contributed by atoms with van der Waals surface area (Å²) in [5, 5.41) is 6.93. The van der Waals surface area contributed by atoms with Gasteiger partial charge in [0.25, 0.3) is 0 Å². The lowest BCUT2D eigenvalue weighted by atomic mass is 9.84. The minimum atomic E-state index is -2.47. The Labute approximate surface area is 706 Å². The number of aromatic nitrogens is 3. The Balaban J connectivity index is 1.23. The highest BCUT2D eigenvalue weighted by Crippen LogP contribution is 2.45. The van der Waals surface area contributed by atoms with Crippen LogP contribution < -0.4 is 0 Å². The first-order valence-electron chi connectivity index (χ1n) is 37.8. The molecule has 5 aliphatic heterocycles. The van der Waals surface area contributed by atoms with Gasteiger partial charge in [-0.25, -0.2) is 4.68 Å². The zero-order valence-electron chi connectivity index (χ0n) is 69.5. The molecule has 0 saturated carbocycles. The van der Waals surface area contributed by atoms with E-state index in [0.717, 1.165) is 127 Å². The van der Waals surface area contributed by atoms with Gasteiger partial charge < -0.3 is 123 Å². The second-order valence-corrected chi connectivity index (χ2v) is 29.2. The van der Waals surface area contributed by atoms with Gasteiger partial charge in [0, 0.05) is 130 Å². The zero-order chi connectivity index (χ0) is 90.8. The Hall–Kier alpha value is -9.91. The van der Waals surface area contributed by atoms with Crippen molar-refractivity contribution in [3.05, 3.63) is 23.5 Å². The van der Waals surface area contributed by atoms with Crippen LogP contribution in [0.5, 0.6) is 0 Å². The van der Waals surface area contributed by atoms with Crippen molar-refractivity contribution in [3.63, 3.8) is 0 Å². The molecule has 5 fully saturated rings. The molecule has 1 aromatic heterocycles. The Morgan fingerprint density at radius 1 is 0.434 bits per heavy atom. The lowest BCUT2D eigenvalue weighted by Crippen LogP contribution is -2.68. The zero-order valence-corrected chi connectivity index (χ0v) is 71.0. The minimum absolute atomic E-state index is 0.0493. The molecule has 1 amide bonds. The lowest BCUT2D eigenvalue weighted by Gasteiger charge is -2.51. The van der Waals surface area contributed by atoms with Crippen molar-refractivity contribution in [1.29, 1.82) is 0 Å². The van der Waals surface area contributed by atoms with E-state index in [2.05, 4.69) is 10.3 Å². The number of nitrogens with zero attached hydrogens (tertiary/aromatic N) is 4. The molecule has 6 heterocycles. The first-order chi connectivity index (χ1) is 57.2. The molecule has 0 radical (unpaired) electrons. The largest absolute Gasteiger partial charge is 0.463 e. The van der Waals surface area contributed by atoms with Crippen LogP contribution in [0.25, 0.3) is 0 Å². The third-order valence-electron chi connectivity index (χ3n) is 18.5. The van der Waals surface area contributed by atoms with Gasteiger partial charge in [-0.1, -0.05) is 11.3 Å². The summed E-state index contributed by atoms with van der Waals surface area (Å²) in [6.45, 7) is 14.3. The summed E-state index contributed by atoms with van der Waals surface area (Å²) in [5.74, 6) is -19.7. The van der Waals surface area contributed by atoms with Crippen LogP contribution in [0.1, 0.15) is 137 Å². The summed E-state index contributed by atoms with van der Waals surface area (Å²) >= 11 is 13.4. The smallest absolute Gasteiger partial charge is 0.303 e. The molecule has 27 atom stereocenters. The lowest BCUT2D eigenvalue weighted by molar-refractivity contribution is -0.375. The SMILES string of the molecule is CC(=O)OCC1=C[C@H](N(C(C)=O)[C@H]2CC(OC(C)=O)[C@@H](O[C@@H]3C(COC(C)=O)O[C@H](O[C@@H]4C(COC(C)=O)O[C@@H](OCc5cn(C[C@H]6O[C@@](CCl)(O[C@@H]7O[C@H](COC(C)=O)[C@H](Cl)[C@H](OC(C)=O)[C@H]7OC(C)=O)[C@@H](OC(C)=O)[C@@H]6OC(C)=O)nn5)C(OC(C)=O)C4OC(C)=O)C(OC(C)=O)C3OC(C)=O)OC2C)[C@H](OC(C)=O)[C@@H](OC(C)=O)[C@@H]1OC(C)=O. The standard InChI is InChI=1S/C74H98Cl2N4O42/c1-29-49(80(30(2)81)50-19-47(23-98-31(3)82)57(105-36(8)87)63(109-40(12)91)58(50)106-37(9)88)20-51(104-35(7)86)70(103-29)119-59-55(27-101-34(6)85)118-72(68(114-45(17)96)65(59)111-42(14)93)120-60-54(26-100-33(5)84)117-71(67(113-44(16)95)64(60)110-41(13)92)102-24-48-21-79(78-77-48)22-52-61(107-38(10)89)69(115-46(18)97)74(28-75,121-52)122-73-66(112-43(15)94)62(108-39(11)90)56(76)53(116-73)25-99-32(4)83/h19,21,29,49-73H,20,22-28H2,1-18H3/t29?,49-,50-,51?,52+,53+,54?,55?,56-,57+,58-,59+,60+,61+,62-,63-,64?,65?,66+,67?,68?,69-,70+,71+,72+,73-,74-/m0/s1. The topological polar surface area (TPSA) is 555 Å². The van der Waals surface area contributed by atoms with Crippen LogP contribution in [0.2, 0.25) is 0 Å². The first kappa shape index (κ1) is 99.2. The average Bonchev–Trinajstić information content (AvgIpc) is 1.56. The van der Waals surface area contributed by atoms with E-state index in [9.17, 15) is 81.5 Å². The van der Waals surface area contributed by atoms with E-state index in [-0.39, 0.29) is 11.3 Å². The van der Waals surface area contributed by atoms with Crippen molar-refractivity contribution in [2.45, 2.75) is 309 Å². The number of alkyl halides is 2. The third-order valence-corrected chi connectivity index (χ3v) is 19.4. The molecule has 6 aliphatic rings. The maximum atomic E-state index is 14.4. The summed E-state index contributed by atoms with van der Waals surface area (Å²) < 4.78 is 149. The van der Waals surface area contributed by atoms with Crippen molar-refractivity contribution in [2.75, 3.05) is 32.3 Å². The quantitative estimate of drug-likeness (QED) is 0.0373. The van der Waals surface area contributed by atoms with Crippen LogP contribution in [0.4, 0.5) is 0 Å².